The number of likely N-dealkylation sites (tertiary alicyclic amines) is 1. The number of carbonyl (C=O) groups excluding carboxylic acids is 1. The molecule has 2 unspecified atom stereocenters. The Bertz CT molecular complexity index is 381. The van der Waals surface area contributed by atoms with Gasteiger partial charge in [0.1, 0.15) is 5.60 Å². The van der Waals surface area contributed by atoms with Crippen LogP contribution in [0.2, 0.25) is 0 Å². The van der Waals surface area contributed by atoms with Gasteiger partial charge in [0.05, 0.1) is 0 Å². The molecular weight excluding hydrogens is 309 g/mol. The summed E-state index contributed by atoms with van der Waals surface area (Å²) in [6.45, 7) is 8.63. The summed E-state index contributed by atoms with van der Waals surface area (Å²) in [4.78, 5) is 13.9. The zero-order chi connectivity index (χ0) is 17.7. The van der Waals surface area contributed by atoms with Crippen molar-refractivity contribution in [2.24, 2.45) is 0 Å². The van der Waals surface area contributed by atoms with Crippen molar-refractivity contribution in [3.05, 3.63) is 0 Å². The van der Waals surface area contributed by atoms with Crippen LogP contribution in [0.1, 0.15) is 59.8 Å². The lowest BCUT2D eigenvalue weighted by Crippen LogP contribution is -2.45. The van der Waals surface area contributed by atoms with E-state index in [1.807, 2.05) is 27.7 Å². The second kappa shape index (κ2) is 8.22. The molecule has 1 fully saturated rings. The first-order valence-electron chi connectivity index (χ1n) is 8.28. The number of carbonyl (C=O) groups is 1. The van der Waals surface area contributed by atoms with Crippen molar-refractivity contribution in [3.63, 3.8) is 0 Å². The van der Waals surface area contributed by atoms with Crippen LogP contribution in [0.25, 0.3) is 0 Å². The molecule has 0 spiro atoms. The highest BCUT2D eigenvalue weighted by Crippen LogP contribution is 2.23. The molecule has 136 valence electrons. The Labute approximate surface area is 136 Å². The number of hydrogen-bond acceptors (Lipinski definition) is 3. The third kappa shape index (κ3) is 8.44. The van der Waals surface area contributed by atoms with Gasteiger partial charge in [-0.1, -0.05) is 0 Å². The monoisotopic (exact) mass is 338 g/mol. The highest BCUT2D eigenvalue weighted by atomic mass is 19.4. The van der Waals surface area contributed by atoms with Crippen LogP contribution in [0.5, 0.6) is 0 Å². The average molecular weight is 338 g/mol. The van der Waals surface area contributed by atoms with Gasteiger partial charge < -0.3 is 15.0 Å². The normalized spacial score (nSPS) is 20.7. The molecule has 0 aromatic carbocycles. The molecule has 1 rings (SSSR count). The van der Waals surface area contributed by atoms with Crippen LogP contribution in [0.15, 0.2) is 0 Å². The van der Waals surface area contributed by atoms with Gasteiger partial charge in [-0.2, -0.15) is 13.2 Å². The predicted octanol–water partition coefficient (Wildman–Crippen LogP) is 4.10. The molecule has 1 heterocycles. The lowest BCUT2D eigenvalue weighted by Gasteiger charge is -2.29. The number of nitrogens with one attached hydrogen (secondary N) is 1. The first kappa shape index (κ1) is 20.1. The van der Waals surface area contributed by atoms with Crippen LogP contribution >= 0.6 is 0 Å². The molecule has 1 saturated heterocycles. The van der Waals surface area contributed by atoms with E-state index < -0.39 is 18.2 Å². The van der Waals surface area contributed by atoms with E-state index in [9.17, 15) is 18.0 Å². The number of amides is 1. The third-order valence-corrected chi connectivity index (χ3v) is 3.80. The van der Waals surface area contributed by atoms with E-state index in [0.717, 1.165) is 12.8 Å². The fraction of sp³-hybridized carbons (Fsp3) is 0.938. The van der Waals surface area contributed by atoms with Gasteiger partial charge in [-0.05, 0) is 53.4 Å². The van der Waals surface area contributed by atoms with Gasteiger partial charge in [0.15, 0.2) is 0 Å². The van der Waals surface area contributed by atoms with Crippen LogP contribution in [0.3, 0.4) is 0 Å². The van der Waals surface area contributed by atoms with E-state index in [-0.39, 0.29) is 24.6 Å². The van der Waals surface area contributed by atoms with E-state index in [1.54, 1.807) is 4.90 Å². The summed E-state index contributed by atoms with van der Waals surface area (Å²) in [5, 5.41) is 3.24. The fourth-order valence-corrected chi connectivity index (χ4v) is 2.66. The first-order valence-corrected chi connectivity index (χ1v) is 8.28. The SMILES string of the molecule is CC(CCCC(F)(F)F)NCC1CCCN1C(=O)OC(C)(C)C. The molecule has 7 heteroatoms. The maximum Gasteiger partial charge on any atom is 0.410 e. The summed E-state index contributed by atoms with van der Waals surface area (Å²) in [5.74, 6) is 0. The number of alkyl halides is 3. The Kier molecular flexibility index (Phi) is 7.17. The third-order valence-electron chi connectivity index (χ3n) is 3.80. The largest absolute Gasteiger partial charge is 0.444 e. The van der Waals surface area contributed by atoms with E-state index in [2.05, 4.69) is 5.32 Å². The molecule has 23 heavy (non-hydrogen) atoms. The highest BCUT2D eigenvalue weighted by molar-refractivity contribution is 5.69. The molecule has 0 bridgehead atoms. The Balaban J connectivity index is 2.34. The molecule has 0 aliphatic carbocycles. The van der Waals surface area contributed by atoms with Crippen LogP contribution < -0.4 is 5.32 Å². The zero-order valence-electron chi connectivity index (χ0n) is 14.5. The molecule has 1 aliphatic rings. The quantitative estimate of drug-likeness (QED) is 0.793. The molecule has 0 aromatic rings. The standard InChI is InChI=1S/C16H29F3N2O2/c1-12(7-5-9-16(17,18)19)20-11-13-8-6-10-21(13)14(22)23-15(2,3)4/h12-13,20H,5-11H2,1-4H3. The molecular formula is C16H29F3N2O2. The maximum absolute atomic E-state index is 12.1. The topological polar surface area (TPSA) is 41.6 Å². The van der Waals surface area contributed by atoms with Gasteiger partial charge in [0.25, 0.3) is 0 Å². The maximum atomic E-state index is 12.1. The van der Waals surface area contributed by atoms with Gasteiger partial charge in [-0.15, -0.1) is 0 Å². The minimum absolute atomic E-state index is 0.00145. The van der Waals surface area contributed by atoms with Crippen LogP contribution in [-0.4, -0.2) is 47.9 Å². The van der Waals surface area contributed by atoms with Gasteiger partial charge >= 0.3 is 12.3 Å². The van der Waals surface area contributed by atoms with Crippen molar-refractivity contribution >= 4 is 6.09 Å². The highest BCUT2D eigenvalue weighted by Gasteiger charge is 2.32. The summed E-state index contributed by atoms with van der Waals surface area (Å²) >= 11 is 0. The van der Waals surface area contributed by atoms with E-state index >= 15 is 0 Å². The van der Waals surface area contributed by atoms with Crippen molar-refractivity contribution in [1.29, 1.82) is 0 Å². The molecule has 0 radical (unpaired) electrons. The second-order valence-corrected chi connectivity index (χ2v) is 7.29. The molecule has 2 atom stereocenters. The smallest absolute Gasteiger partial charge is 0.410 e. The number of hydrogen-bond donors (Lipinski definition) is 1. The molecule has 1 amide bonds. The van der Waals surface area contributed by atoms with Crippen molar-refractivity contribution in [2.45, 2.75) is 83.7 Å². The average Bonchev–Trinajstić information content (AvgIpc) is 2.81. The van der Waals surface area contributed by atoms with Crippen molar-refractivity contribution in [2.75, 3.05) is 13.1 Å². The molecule has 1 aliphatic heterocycles. The van der Waals surface area contributed by atoms with Crippen molar-refractivity contribution < 1.29 is 22.7 Å². The molecule has 4 nitrogen and oxygen atoms in total. The predicted molar refractivity (Wildman–Crippen MR) is 83.3 cm³/mol. The van der Waals surface area contributed by atoms with Crippen molar-refractivity contribution in [3.8, 4) is 0 Å². The Hall–Kier alpha value is -0.980. The summed E-state index contributed by atoms with van der Waals surface area (Å²) in [7, 11) is 0. The van der Waals surface area contributed by atoms with E-state index in [4.69, 9.17) is 4.74 Å². The van der Waals surface area contributed by atoms with Gasteiger partial charge in [0.2, 0.25) is 0 Å². The summed E-state index contributed by atoms with van der Waals surface area (Å²) in [5.41, 5.74) is -0.525. The zero-order valence-corrected chi connectivity index (χ0v) is 14.5. The number of ether oxygens (including phenoxy) is 1. The lowest BCUT2D eigenvalue weighted by atomic mass is 10.1. The van der Waals surface area contributed by atoms with E-state index in [1.165, 1.54) is 0 Å². The summed E-state index contributed by atoms with van der Waals surface area (Å²) in [6, 6.07) is 0.0494. The Morgan fingerprint density at radius 1 is 1.35 bits per heavy atom. The number of nitrogens with zero attached hydrogens (tertiary/aromatic N) is 1. The summed E-state index contributed by atoms with van der Waals surface area (Å²) in [6.07, 6.45) is -2.73. The second-order valence-electron chi connectivity index (χ2n) is 7.29. The van der Waals surface area contributed by atoms with Crippen LogP contribution in [-0.2, 0) is 4.74 Å². The number of rotatable bonds is 6. The van der Waals surface area contributed by atoms with Crippen LogP contribution in [0.4, 0.5) is 18.0 Å². The minimum Gasteiger partial charge on any atom is -0.444 e. The van der Waals surface area contributed by atoms with Crippen molar-refractivity contribution in [1.82, 2.24) is 10.2 Å². The first-order chi connectivity index (χ1) is 10.5. The molecule has 0 aromatic heterocycles. The molecule has 0 saturated carbocycles. The summed E-state index contributed by atoms with van der Waals surface area (Å²) < 4.78 is 41.8. The minimum atomic E-state index is -4.08. The number of halogens is 3. The van der Waals surface area contributed by atoms with Gasteiger partial charge in [-0.25, -0.2) is 4.79 Å². The van der Waals surface area contributed by atoms with Crippen LogP contribution in [0, 0.1) is 0 Å². The Morgan fingerprint density at radius 3 is 2.57 bits per heavy atom. The fourth-order valence-electron chi connectivity index (χ4n) is 2.66. The Morgan fingerprint density at radius 2 is 2.00 bits per heavy atom. The van der Waals surface area contributed by atoms with Gasteiger partial charge in [-0.3, -0.25) is 0 Å². The van der Waals surface area contributed by atoms with E-state index in [0.29, 0.717) is 19.5 Å². The van der Waals surface area contributed by atoms with Gasteiger partial charge in [0, 0.05) is 31.6 Å². The molecule has 1 N–H and O–H groups in total. The lowest BCUT2D eigenvalue weighted by molar-refractivity contribution is -0.135.